The Morgan fingerprint density at radius 1 is 1.73 bits per heavy atom. The van der Waals surface area contributed by atoms with Gasteiger partial charge in [-0.25, -0.2) is 0 Å². The van der Waals surface area contributed by atoms with Gasteiger partial charge in [0.15, 0.2) is 0 Å². The maximum absolute atomic E-state index is 10.9. The second-order valence-corrected chi connectivity index (χ2v) is 2.32. The highest BCUT2D eigenvalue weighted by Gasteiger charge is 1.97. The number of hydrogen-bond donors (Lipinski definition) is 1. The van der Waals surface area contributed by atoms with E-state index in [-0.39, 0.29) is 5.56 Å². The Labute approximate surface area is 64.8 Å². The molecule has 0 radical (unpaired) electrons. The van der Waals surface area contributed by atoms with E-state index in [0.717, 1.165) is 5.69 Å². The number of nitrogens with one attached hydrogen (secondary N) is 1. The van der Waals surface area contributed by atoms with Gasteiger partial charge in [0.05, 0.1) is 12.3 Å². The third-order valence-electron chi connectivity index (χ3n) is 1.40. The summed E-state index contributed by atoms with van der Waals surface area (Å²) in [5.41, 5.74) is 0.791. The molecular formula is C7H12N2O2. The Bertz CT molecular complexity index is 274. The van der Waals surface area contributed by atoms with Gasteiger partial charge < -0.3 is 4.74 Å². The summed E-state index contributed by atoms with van der Waals surface area (Å²) in [4.78, 5) is 10.9. The Morgan fingerprint density at radius 2 is 2.45 bits per heavy atom. The van der Waals surface area contributed by atoms with Crippen LogP contribution in [0.1, 0.15) is 12.6 Å². The molecule has 0 saturated carbocycles. The lowest BCUT2D eigenvalue weighted by Crippen LogP contribution is -2.09. The van der Waals surface area contributed by atoms with Crippen LogP contribution in [-0.4, -0.2) is 16.4 Å². The van der Waals surface area contributed by atoms with Gasteiger partial charge in [-0.3, -0.25) is 14.6 Å². The number of nitrogens with zero attached hydrogens (tertiary/aromatic N) is 1. The van der Waals surface area contributed by atoms with E-state index in [2.05, 4.69) is 5.10 Å². The molecule has 0 aliphatic carbocycles. The fourth-order valence-corrected chi connectivity index (χ4v) is 0.835. The average Bonchev–Trinajstić information content (AvgIpc) is 2.28. The van der Waals surface area contributed by atoms with Crippen LogP contribution >= 0.6 is 0 Å². The molecule has 4 nitrogen and oxygen atoms in total. The summed E-state index contributed by atoms with van der Waals surface area (Å²) >= 11 is 0. The average molecular weight is 156 g/mol. The zero-order valence-corrected chi connectivity index (χ0v) is 6.76. The predicted octanol–water partition coefficient (Wildman–Crippen LogP) is 0.250. The van der Waals surface area contributed by atoms with Gasteiger partial charge >= 0.3 is 0 Å². The van der Waals surface area contributed by atoms with Crippen LogP contribution in [-0.2, 0) is 18.4 Å². The molecule has 0 unspecified atom stereocenters. The maximum atomic E-state index is 10.9. The second kappa shape index (κ2) is 3.39. The van der Waals surface area contributed by atoms with Gasteiger partial charge in [0, 0.05) is 19.7 Å². The molecule has 0 aliphatic heterocycles. The topological polar surface area (TPSA) is 47.0 Å². The monoisotopic (exact) mass is 156 g/mol. The van der Waals surface area contributed by atoms with Gasteiger partial charge in [-0.2, -0.15) is 0 Å². The molecular weight excluding hydrogens is 144 g/mol. The molecule has 1 rings (SSSR count). The molecule has 1 aromatic heterocycles. The lowest BCUT2D eigenvalue weighted by atomic mass is 10.5. The number of hydrogen-bond acceptors (Lipinski definition) is 2. The fraction of sp³-hybridized carbons (Fsp3) is 0.571. The van der Waals surface area contributed by atoms with Gasteiger partial charge in [0.2, 0.25) is 0 Å². The molecule has 0 aromatic carbocycles. The molecule has 62 valence electrons. The van der Waals surface area contributed by atoms with Crippen molar-refractivity contribution in [2.24, 2.45) is 7.05 Å². The van der Waals surface area contributed by atoms with Gasteiger partial charge in [-0.15, -0.1) is 0 Å². The van der Waals surface area contributed by atoms with Gasteiger partial charge in [-0.1, -0.05) is 0 Å². The van der Waals surface area contributed by atoms with Crippen LogP contribution in [0.25, 0.3) is 0 Å². The van der Waals surface area contributed by atoms with E-state index in [0.29, 0.717) is 13.2 Å². The Morgan fingerprint density at radius 3 is 2.91 bits per heavy atom. The Kier molecular flexibility index (Phi) is 2.48. The number of rotatable bonds is 3. The molecule has 0 spiro atoms. The molecule has 1 aromatic rings. The van der Waals surface area contributed by atoms with E-state index < -0.39 is 0 Å². The zero-order valence-electron chi connectivity index (χ0n) is 6.76. The van der Waals surface area contributed by atoms with Crippen LogP contribution in [0.4, 0.5) is 0 Å². The first kappa shape index (κ1) is 8.07. The van der Waals surface area contributed by atoms with Crippen LogP contribution < -0.4 is 5.56 Å². The lowest BCUT2D eigenvalue weighted by Gasteiger charge is -1.95. The highest BCUT2D eigenvalue weighted by Crippen LogP contribution is 1.91. The van der Waals surface area contributed by atoms with Crippen molar-refractivity contribution in [2.75, 3.05) is 6.61 Å². The van der Waals surface area contributed by atoms with Crippen molar-refractivity contribution in [1.82, 2.24) is 9.78 Å². The number of aryl methyl sites for hydroxylation is 1. The smallest absolute Gasteiger partial charge is 0.266 e. The van der Waals surface area contributed by atoms with E-state index >= 15 is 0 Å². The summed E-state index contributed by atoms with van der Waals surface area (Å²) in [6, 6.07) is 1.54. The van der Waals surface area contributed by atoms with Crippen LogP contribution in [0.5, 0.6) is 0 Å². The van der Waals surface area contributed by atoms with Gasteiger partial charge in [-0.05, 0) is 6.92 Å². The first-order valence-corrected chi connectivity index (χ1v) is 3.56. The molecule has 0 aliphatic rings. The number of aromatic amines is 1. The van der Waals surface area contributed by atoms with Crippen molar-refractivity contribution in [1.29, 1.82) is 0 Å². The molecule has 4 heteroatoms. The third-order valence-corrected chi connectivity index (χ3v) is 1.40. The zero-order chi connectivity index (χ0) is 8.27. The summed E-state index contributed by atoms with van der Waals surface area (Å²) < 4.78 is 6.53. The van der Waals surface area contributed by atoms with Crippen molar-refractivity contribution < 1.29 is 4.74 Å². The minimum absolute atomic E-state index is 0.0281. The highest BCUT2D eigenvalue weighted by molar-refractivity contribution is 4.97. The Balaban J connectivity index is 2.65. The number of H-pyrrole nitrogens is 1. The summed E-state index contributed by atoms with van der Waals surface area (Å²) in [6.45, 7) is 3.06. The van der Waals surface area contributed by atoms with Crippen LogP contribution in [0.3, 0.4) is 0 Å². The standard InChI is InChI=1S/C7H12N2O2/c1-3-11-5-6-4-7(10)9(2)8-6/h4,8H,3,5H2,1-2H3. The largest absolute Gasteiger partial charge is 0.375 e. The predicted molar refractivity (Wildman–Crippen MR) is 41.4 cm³/mol. The van der Waals surface area contributed by atoms with E-state index in [1.54, 1.807) is 7.05 Å². The normalized spacial score (nSPS) is 10.4. The molecule has 11 heavy (non-hydrogen) atoms. The molecule has 0 saturated heterocycles. The Hall–Kier alpha value is -1.03. The summed E-state index contributed by atoms with van der Waals surface area (Å²) in [5.74, 6) is 0. The number of ether oxygens (including phenoxy) is 1. The van der Waals surface area contributed by atoms with Crippen LogP contribution in [0.15, 0.2) is 10.9 Å². The fourth-order valence-electron chi connectivity index (χ4n) is 0.835. The van der Waals surface area contributed by atoms with E-state index in [4.69, 9.17) is 4.74 Å². The summed E-state index contributed by atoms with van der Waals surface area (Å²) in [6.07, 6.45) is 0. The minimum atomic E-state index is -0.0281. The highest BCUT2D eigenvalue weighted by atomic mass is 16.5. The SMILES string of the molecule is CCOCc1cc(=O)n(C)[nH]1. The maximum Gasteiger partial charge on any atom is 0.266 e. The molecule has 1 N–H and O–H groups in total. The van der Waals surface area contributed by atoms with E-state index in [1.165, 1.54) is 10.7 Å². The molecule has 0 fully saturated rings. The third kappa shape index (κ3) is 1.94. The molecule has 0 atom stereocenters. The van der Waals surface area contributed by atoms with E-state index in [9.17, 15) is 4.79 Å². The molecule has 0 bridgehead atoms. The van der Waals surface area contributed by atoms with Crippen LogP contribution in [0, 0.1) is 0 Å². The minimum Gasteiger partial charge on any atom is -0.375 e. The first-order chi connectivity index (χ1) is 5.24. The van der Waals surface area contributed by atoms with Gasteiger partial charge in [0.1, 0.15) is 0 Å². The van der Waals surface area contributed by atoms with E-state index in [1.807, 2.05) is 6.92 Å². The lowest BCUT2D eigenvalue weighted by molar-refractivity contribution is 0.131. The van der Waals surface area contributed by atoms with Crippen molar-refractivity contribution in [3.8, 4) is 0 Å². The van der Waals surface area contributed by atoms with Crippen molar-refractivity contribution in [2.45, 2.75) is 13.5 Å². The summed E-state index contributed by atoms with van der Waals surface area (Å²) in [7, 11) is 1.68. The number of aromatic nitrogens is 2. The summed E-state index contributed by atoms with van der Waals surface area (Å²) in [5, 5.41) is 2.86. The second-order valence-electron chi connectivity index (χ2n) is 2.32. The molecule has 0 amide bonds. The van der Waals surface area contributed by atoms with Crippen molar-refractivity contribution in [3.63, 3.8) is 0 Å². The quantitative estimate of drug-likeness (QED) is 0.681. The van der Waals surface area contributed by atoms with Crippen LogP contribution in [0.2, 0.25) is 0 Å². The van der Waals surface area contributed by atoms with Crippen molar-refractivity contribution in [3.05, 3.63) is 22.1 Å². The van der Waals surface area contributed by atoms with Crippen molar-refractivity contribution >= 4 is 0 Å². The first-order valence-electron chi connectivity index (χ1n) is 3.56. The molecule has 1 heterocycles. The van der Waals surface area contributed by atoms with Gasteiger partial charge in [0.25, 0.3) is 5.56 Å².